The van der Waals surface area contributed by atoms with Crippen LogP contribution in [0.25, 0.3) is 11.0 Å². The maximum Gasteiger partial charge on any atom is 0.165 e. The van der Waals surface area contributed by atoms with E-state index in [0.717, 1.165) is 27.9 Å². The van der Waals surface area contributed by atoms with Gasteiger partial charge in [0.15, 0.2) is 11.6 Å². The number of benzene rings is 3. The quantitative estimate of drug-likeness (QED) is 0.444. The maximum atomic E-state index is 13.8. The molecule has 0 amide bonds. The first-order valence-electron chi connectivity index (χ1n) is 10.2. The fourth-order valence-corrected chi connectivity index (χ4v) is 3.61. The normalized spacial score (nSPS) is 12.1. The first kappa shape index (κ1) is 20.9. The number of aliphatic hydroxyl groups is 1. The Morgan fingerprint density at radius 1 is 0.935 bits per heavy atom. The molecule has 5 nitrogen and oxygen atoms in total. The van der Waals surface area contributed by atoms with Crippen LogP contribution in [0.5, 0.6) is 11.5 Å². The van der Waals surface area contributed by atoms with Gasteiger partial charge in [-0.25, -0.2) is 9.37 Å². The second-order valence-electron chi connectivity index (χ2n) is 7.53. The molecular weight excluding hydrogens is 395 g/mol. The van der Waals surface area contributed by atoms with Crippen molar-refractivity contribution in [2.24, 2.45) is 0 Å². The van der Waals surface area contributed by atoms with Crippen molar-refractivity contribution in [2.75, 3.05) is 6.61 Å². The number of imidazole rings is 1. The van der Waals surface area contributed by atoms with Crippen LogP contribution in [0.2, 0.25) is 0 Å². The molecular formula is C25H25FN2O3. The lowest BCUT2D eigenvalue weighted by atomic mass is 10.1. The zero-order chi connectivity index (χ0) is 21.8. The third-order valence-electron chi connectivity index (χ3n) is 5.15. The van der Waals surface area contributed by atoms with Crippen molar-refractivity contribution in [3.05, 3.63) is 89.5 Å². The van der Waals surface area contributed by atoms with E-state index < -0.39 is 11.9 Å². The molecule has 3 aromatic carbocycles. The Balaban J connectivity index is 1.53. The number of nitrogens with zero attached hydrogens (tertiary/aromatic N) is 2. The highest BCUT2D eigenvalue weighted by atomic mass is 19.1. The zero-order valence-electron chi connectivity index (χ0n) is 17.6. The van der Waals surface area contributed by atoms with E-state index in [-0.39, 0.29) is 25.5 Å². The van der Waals surface area contributed by atoms with Crippen LogP contribution in [0.1, 0.15) is 17.0 Å². The third kappa shape index (κ3) is 4.70. The molecule has 1 unspecified atom stereocenters. The predicted octanol–water partition coefficient (Wildman–Crippen LogP) is 4.81. The van der Waals surface area contributed by atoms with Crippen molar-refractivity contribution in [1.29, 1.82) is 0 Å². The van der Waals surface area contributed by atoms with Crippen molar-refractivity contribution in [3.8, 4) is 11.5 Å². The Bertz CT molecular complexity index is 1170. The Morgan fingerprint density at radius 3 is 2.42 bits per heavy atom. The van der Waals surface area contributed by atoms with Gasteiger partial charge < -0.3 is 19.1 Å². The minimum Gasteiger partial charge on any atom is -0.488 e. The van der Waals surface area contributed by atoms with Gasteiger partial charge in [-0.2, -0.15) is 0 Å². The van der Waals surface area contributed by atoms with E-state index in [1.807, 2.05) is 60.9 Å². The molecule has 0 aliphatic heterocycles. The molecule has 0 aliphatic carbocycles. The molecule has 4 aromatic rings. The van der Waals surface area contributed by atoms with Gasteiger partial charge in [0, 0.05) is 0 Å². The lowest BCUT2D eigenvalue weighted by Crippen LogP contribution is -2.25. The smallest absolute Gasteiger partial charge is 0.165 e. The van der Waals surface area contributed by atoms with Crippen LogP contribution in [0.4, 0.5) is 4.39 Å². The van der Waals surface area contributed by atoms with Crippen molar-refractivity contribution < 1.29 is 19.0 Å². The summed E-state index contributed by atoms with van der Waals surface area (Å²) in [5.74, 6) is 1.21. The first-order valence-corrected chi connectivity index (χ1v) is 10.2. The molecule has 0 radical (unpaired) electrons. The lowest BCUT2D eigenvalue weighted by molar-refractivity contribution is 0.0898. The van der Waals surface area contributed by atoms with Crippen molar-refractivity contribution in [1.82, 2.24) is 9.55 Å². The number of aromatic nitrogens is 2. The Kier molecular flexibility index (Phi) is 6.18. The molecule has 0 saturated carbocycles. The van der Waals surface area contributed by atoms with E-state index in [1.165, 1.54) is 6.07 Å². The van der Waals surface area contributed by atoms with Crippen LogP contribution in [-0.4, -0.2) is 27.4 Å². The largest absolute Gasteiger partial charge is 0.488 e. The van der Waals surface area contributed by atoms with E-state index in [0.29, 0.717) is 5.82 Å². The van der Waals surface area contributed by atoms with E-state index in [1.54, 1.807) is 18.2 Å². The summed E-state index contributed by atoms with van der Waals surface area (Å²) in [7, 11) is 0. The number of fused-ring (bicyclic) bond motifs is 1. The summed E-state index contributed by atoms with van der Waals surface area (Å²) in [4.78, 5) is 4.70. The van der Waals surface area contributed by atoms with Crippen molar-refractivity contribution in [2.45, 2.75) is 33.1 Å². The highest BCUT2D eigenvalue weighted by Gasteiger charge is 2.16. The SMILES string of the molecule is Cc1cccc(C)c1OCc1nc2ccccc2n1CC(O)COc1ccccc1F. The summed E-state index contributed by atoms with van der Waals surface area (Å²) >= 11 is 0. The number of rotatable bonds is 8. The monoisotopic (exact) mass is 420 g/mol. The van der Waals surface area contributed by atoms with Gasteiger partial charge in [-0.15, -0.1) is 0 Å². The molecule has 31 heavy (non-hydrogen) atoms. The van der Waals surface area contributed by atoms with Gasteiger partial charge in [0.1, 0.15) is 30.9 Å². The lowest BCUT2D eigenvalue weighted by Gasteiger charge is -2.17. The van der Waals surface area contributed by atoms with Crippen LogP contribution in [0.3, 0.4) is 0 Å². The Hall–Kier alpha value is -3.38. The first-order chi connectivity index (χ1) is 15.0. The van der Waals surface area contributed by atoms with Gasteiger partial charge in [-0.3, -0.25) is 0 Å². The average Bonchev–Trinajstić information content (AvgIpc) is 3.10. The minimum atomic E-state index is -0.851. The number of halogens is 1. The summed E-state index contributed by atoms with van der Waals surface area (Å²) in [5, 5.41) is 10.6. The second kappa shape index (κ2) is 9.18. The van der Waals surface area contributed by atoms with Crippen LogP contribution in [-0.2, 0) is 13.2 Å². The fourth-order valence-electron chi connectivity index (χ4n) is 3.61. The standard InChI is InChI=1S/C25H25FN2O3/c1-17-8-7-9-18(2)25(17)31-16-24-27-21-11-4-5-12-22(21)28(24)14-19(29)15-30-23-13-6-3-10-20(23)26/h3-13,19,29H,14-16H2,1-2H3. The van der Waals surface area contributed by atoms with Crippen LogP contribution in [0, 0.1) is 19.7 Å². The Morgan fingerprint density at radius 2 is 1.65 bits per heavy atom. The molecule has 1 N–H and O–H groups in total. The molecule has 1 aromatic heterocycles. The summed E-state index contributed by atoms with van der Waals surface area (Å²) in [6.45, 7) is 4.50. The molecule has 0 saturated heterocycles. The van der Waals surface area contributed by atoms with Gasteiger partial charge in [0.05, 0.1) is 17.6 Å². The summed E-state index contributed by atoms with van der Waals surface area (Å²) in [6.07, 6.45) is -0.851. The number of para-hydroxylation sites is 4. The second-order valence-corrected chi connectivity index (χ2v) is 7.53. The summed E-state index contributed by atoms with van der Waals surface area (Å²) < 4.78 is 27.3. The third-order valence-corrected chi connectivity index (χ3v) is 5.15. The predicted molar refractivity (Wildman–Crippen MR) is 118 cm³/mol. The van der Waals surface area contributed by atoms with Gasteiger partial charge in [-0.05, 0) is 49.2 Å². The molecule has 1 atom stereocenters. The highest BCUT2D eigenvalue weighted by molar-refractivity contribution is 5.75. The van der Waals surface area contributed by atoms with Gasteiger partial charge in [0.2, 0.25) is 0 Å². The van der Waals surface area contributed by atoms with Gasteiger partial charge in [-0.1, -0.05) is 42.5 Å². The number of aryl methyl sites for hydroxylation is 2. The number of hydrogen-bond donors (Lipinski definition) is 1. The molecule has 6 heteroatoms. The van der Waals surface area contributed by atoms with E-state index in [9.17, 15) is 9.50 Å². The van der Waals surface area contributed by atoms with Crippen molar-refractivity contribution >= 4 is 11.0 Å². The topological polar surface area (TPSA) is 56.5 Å². The molecule has 0 bridgehead atoms. The van der Waals surface area contributed by atoms with Gasteiger partial charge in [0.25, 0.3) is 0 Å². The summed E-state index contributed by atoms with van der Waals surface area (Å²) in [5.41, 5.74) is 3.83. The van der Waals surface area contributed by atoms with E-state index >= 15 is 0 Å². The molecule has 0 aliphatic rings. The molecule has 4 rings (SSSR count). The van der Waals surface area contributed by atoms with Crippen LogP contribution < -0.4 is 9.47 Å². The van der Waals surface area contributed by atoms with Crippen LogP contribution >= 0.6 is 0 Å². The molecule has 160 valence electrons. The number of aliphatic hydroxyl groups excluding tert-OH is 1. The van der Waals surface area contributed by atoms with Crippen LogP contribution in [0.15, 0.2) is 66.7 Å². The molecule has 0 spiro atoms. The Labute approximate surface area is 180 Å². The minimum absolute atomic E-state index is 0.0371. The fraction of sp³-hybridized carbons (Fsp3) is 0.240. The van der Waals surface area contributed by atoms with E-state index in [2.05, 4.69) is 0 Å². The van der Waals surface area contributed by atoms with E-state index in [4.69, 9.17) is 14.5 Å². The zero-order valence-corrected chi connectivity index (χ0v) is 17.6. The highest BCUT2D eigenvalue weighted by Crippen LogP contribution is 2.25. The van der Waals surface area contributed by atoms with Gasteiger partial charge >= 0.3 is 0 Å². The number of hydrogen-bond acceptors (Lipinski definition) is 4. The van der Waals surface area contributed by atoms with Crippen molar-refractivity contribution in [3.63, 3.8) is 0 Å². The molecule has 1 heterocycles. The molecule has 0 fully saturated rings. The average molecular weight is 420 g/mol. The maximum absolute atomic E-state index is 13.8. The summed E-state index contributed by atoms with van der Waals surface area (Å²) in [6, 6.07) is 19.9. The number of ether oxygens (including phenoxy) is 2.